The highest BCUT2D eigenvalue weighted by atomic mass is 15.2. The van der Waals surface area contributed by atoms with E-state index >= 15 is 0 Å². The Morgan fingerprint density at radius 3 is 2.59 bits per heavy atom. The maximum absolute atomic E-state index is 4.57. The molecule has 0 saturated heterocycles. The molecule has 0 radical (unpaired) electrons. The van der Waals surface area contributed by atoms with Crippen molar-refractivity contribution in [3.05, 3.63) is 23.5 Å². The van der Waals surface area contributed by atoms with E-state index in [1.807, 2.05) is 6.20 Å². The molecule has 1 unspecified atom stereocenters. The third kappa shape index (κ3) is 2.05. The van der Waals surface area contributed by atoms with Gasteiger partial charge in [-0.05, 0) is 24.8 Å². The highest BCUT2D eigenvalue weighted by Crippen LogP contribution is 2.46. The van der Waals surface area contributed by atoms with Crippen molar-refractivity contribution in [3.8, 4) is 0 Å². The number of likely N-dealkylation sites (N-methyl/N-ethyl adjacent to an activating group) is 1. The van der Waals surface area contributed by atoms with E-state index in [0.29, 0.717) is 11.3 Å². The van der Waals surface area contributed by atoms with Gasteiger partial charge in [0.15, 0.2) is 0 Å². The molecule has 0 fully saturated rings. The molecule has 0 aliphatic carbocycles. The summed E-state index contributed by atoms with van der Waals surface area (Å²) in [5.41, 5.74) is 4.52. The van der Waals surface area contributed by atoms with Gasteiger partial charge in [-0.2, -0.15) is 0 Å². The maximum Gasteiger partial charge on any atom is 0.0457 e. The lowest BCUT2D eigenvalue weighted by Gasteiger charge is -2.28. The Balaban J connectivity index is 2.53. The van der Waals surface area contributed by atoms with Gasteiger partial charge < -0.3 is 4.90 Å². The molecule has 0 bridgehead atoms. The van der Waals surface area contributed by atoms with Crippen LogP contribution in [0.15, 0.2) is 12.3 Å². The van der Waals surface area contributed by atoms with Gasteiger partial charge in [0.2, 0.25) is 0 Å². The van der Waals surface area contributed by atoms with E-state index in [1.54, 1.807) is 0 Å². The number of hydrogen-bond acceptors (Lipinski definition) is 2. The molecule has 0 saturated carbocycles. The fraction of sp³-hybridized carbons (Fsp3) is 0.667. The summed E-state index contributed by atoms with van der Waals surface area (Å²) in [6.45, 7) is 13.7. The Kier molecular flexibility index (Phi) is 3.15. The highest BCUT2D eigenvalue weighted by Gasteiger charge is 2.37. The molecule has 94 valence electrons. The van der Waals surface area contributed by atoms with Crippen molar-refractivity contribution in [2.75, 3.05) is 18.0 Å². The van der Waals surface area contributed by atoms with Gasteiger partial charge in [0.25, 0.3) is 0 Å². The third-order valence-corrected chi connectivity index (χ3v) is 3.90. The quantitative estimate of drug-likeness (QED) is 0.774. The third-order valence-electron chi connectivity index (χ3n) is 3.90. The van der Waals surface area contributed by atoms with Crippen LogP contribution in [-0.2, 0) is 6.42 Å². The van der Waals surface area contributed by atoms with Gasteiger partial charge >= 0.3 is 0 Å². The van der Waals surface area contributed by atoms with Gasteiger partial charge in [-0.15, -0.1) is 0 Å². The number of nitrogens with zero attached hydrogens (tertiary/aromatic N) is 2. The van der Waals surface area contributed by atoms with E-state index < -0.39 is 0 Å². The minimum absolute atomic E-state index is 0.311. The lowest BCUT2D eigenvalue weighted by atomic mass is 9.77. The first-order valence-corrected chi connectivity index (χ1v) is 6.71. The Morgan fingerprint density at radius 2 is 2.06 bits per heavy atom. The number of hydrogen-bond donors (Lipinski definition) is 0. The fourth-order valence-corrected chi connectivity index (χ4v) is 2.86. The molecule has 1 aromatic heterocycles. The average molecular weight is 232 g/mol. The normalized spacial score (nSPS) is 19.6. The van der Waals surface area contributed by atoms with Crippen LogP contribution in [0.1, 0.15) is 51.8 Å². The summed E-state index contributed by atoms with van der Waals surface area (Å²) in [6, 6.07) is 2.18. The van der Waals surface area contributed by atoms with Crippen LogP contribution < -0.4 is 4.90 Å². The zero-order chi connectivity index (χ0) is 12.6. The molecule has 2 heteroatoms. The maximum atomic E-state index is 4.57. The summed E-state index contributed by atoms with van der Waals surface area (Å²) in [5.74, 6) is 0.612. The summed E-state index contributed by atoms with van der Waals surface area (Å²) in [7, 11) is 0. The summed E-state index contributed by atoms with van der Waals surface area (Å²) in [6.07, 6.45) is 3.00. The van der Waals surface area contributed by atoms with Gasteiger partial charge in [0.1, 0.15) is 0 Å². The second kappa shape index (κ2) is 4.32. The minimum atomic E-state index is 0.311. The number of rotatable bonds is 2. The molecule has 0 N–H and O–H groups in total. The van der Waals surface area contributed by atoms with Crippen molar-refractivity contribution in [3.63, 3.8) is 0 Å². The summed E-state index contributed by atoms with van der Waals surface area (Å²) in [5, 5.41) is 0. The van der Waals surface area contributed by atoms with Crippen LogP contribution in [0, 0.1) is 5.41 Å². The summed E-state index contributed by atoms with van der Waals surface area (Å²) >= 11 is 0. The predicted octanol–water partition coefficient (Wildman–Crippen LogP) is 3.61. The van der Waals surface area contributed by atoms with Crippen LogP contribution in [-0.4, -0.2) is 18.1 Å². The lowest BCUT2D eigenvalue weighted by Crippen LogP contribution is -2.26. The average Bonchev–Trinajstić information content (AvgIpc) is 2.67. The molecular weight excluding hydrogens is 208 g/mol. The second-order valence-electron chi connectivity index (χ2n) is 6.00. The zero-order valence-corrected chi connectivity index (χ0v) is 11.7. The van der Waals surface area contributed by atoms with Crippen molar-refractivity contribution in [1.82, 2.24) is 4.98 Å². The van der Waals surface area contributed by atoms with Crippen molar-refractivity contribution >= 4 is 5.69 Å². The van der Waals surface area contributed by atoms with E-state index in [9.17, 15) is 0 Å². The van der Waals surface area contributed by atoms with Gasteiger partial charge in [-0.1, -0.05) is 27.7 Å². The number of anilines is 1. The SMILES string of the molecule is CCc1nccc2c1C(C(C)(C)C)CN2CC. The van der Waals surface area contributed by atoms with E-state index in [4.69, 9.17) is 0 Å². The second-order valence-corrected chi connectivity index (χ2v) is 6.00. The van der Waals surface area contributed by atoms with Crippen LogP contribution in [0.4, 0.5) is 5.69 Å². The van der Waals surface area contributed by atoms with Gasteiger partial charge in [-0.3, -0.25) is 4.98 Å². The summed E-state index contributed by atoms with van der Waals surface area (Å²) in [4.78, 5) is 7.07. The molecule has 0 aromatic carbocycles. The number of pyridine rings is 1. The Labute approximate surface area is 105 Å². The van der Waals surface area contributed by atoms with Crippen LogP contribution in [0.3, 0.4) is 0 Å². The first kappa shape index (κ1) is 12.4. The van der Waals surface area contributed by atoms with Crippen LogP contribution >= 0.6 is 0 Å². The molecule has 2 rings (SSSR count). The summed E-state index contributed by atoms with van der Waals surface area (Å²) < 4.78 is 0. The van der Waals surface area contributed by atoms with E-state index in [2.05, 4.69) is 50.6 Å². The molecular formula is C15H24N2. The molecule has 1 aliphatic heterocycles. The first-order valence-electron chi connectivity index (χ1n) is 6.71. The van der Waals surface area contributed by atoms with Crippen molar-refractivity contribution < 1.29 is 0 Å². The number of fused-ring (bicyclic) bond motifs is 1. The molecule has 17 heavy (non-hydrogen) atoms. The number of aromatic nitrogens is 1. The topological polar surface area (TPSA) is 16.1 Å². The monoisotopic (exact) mass is 232 g/mol. The molecule has 1 aliphatic rings. The smallest absolute Gasteiger partial charge is 0.0457 e. The van der Waals surface area contributed by atoms with Crippen molar-refractivity contribution in [2.24, 2.45) is 5.41 Å². The fourth-order valence-electron chi connectivity index (χ4n) is 2.86. The Bertz CT molecular complexity index is 404. The van der Waals surface area contributed by atoms with Gasteiger partial charge in [0, 0.05) is 42.1 Å². The molecule has 2 nitrogen and oxygen atoms in total. The molecule has 0 amide bonds. The standard InChI is InChI=1S/C15H24N2/c1-6-12-14-11(15(3,4)5)10-17(7-2)13(14)8-9-16-12/h8-9,11H,6-7,10H2,1-5H3. The zero-order valence-electron chi connectivity index (χ0n) is 11.7. The van der Waals surface area contributed by atoms with Crippen LogP contribution in [0.5, 0.6) is 0 Å². The van der Waals surface area contributed by atoms with Crippen molar-refractivity contribution in [2.45, 2.75) is 47.0 Å². The van der Waals surface area contributed by atoms with E-state index in [1.165, 1.54) is 16.9 Å². The Morgan fingerprint density at radius 1 is 1.35 bits per heavy atom. The van der Waals surface area contributed by atoms with E-state index in [0.717, 1.165) is 19.5 Å². The molecule has 1 aromatic rings. The van der Waals surface area contributed by atoms with Gasteiger partial charge in [-0.25, -0.2) is 0 Å². The number of aryl methyl sites for hydroxylation is 1. The van der Waals surface area contributed by atoms with Crippen LogP contribution in [0.25, 0.3) is 0 Å². The first-order chi connectivity index (χ1) is 7.99. The molecule has 2 heterocycles. The van der Waals surface area contributed by atoms with Gasteiger partial charge in [0.05, 0.1) is 0 Å². The molecule has 1 atom stereocenters. The predicted molar refractivity (Wildman–Crippen MR) is 73.7 cm³/mol. The van der Waals surface area contributed by atoms with Crippen molar-refractivity contribution in [1.29, 1.82) is 0 Å². The Hall–Kier alpha value is -1.05. The lowest BCUT2D eigenvalue weighted by molar-refractivity contribution is 0.331. The highest BCUT2D eigenvalue weighted by molar-refractivity contribution is 5.62. The van der Waals surface area contributed by atoms with Crippen LogP contribution in [0.2, 0.25) is 0 Å². The minimum Gasteiger partial charge on any atom is -0.371 e. The molecule has 0 spiro atoms. The largest absolute Gasteiger partial charge is 0.371 e. The van der Waals surface area contributed by atoms with E-state index in [-0.39, 0.29) is 0 Å².